The maximum absolute atomic E-state index is 12.2. The Morgan fingerprint density at radius 1 is 1.38 bits per heavy atom. The molecule has 0 aliphatic heterocycles. The van der Waals surface area contributed by atoms with Gasteiger partial charge in [0.1, 0.15) is 0 Å². The number of halogens is 3. The van der Waals surface area contributed by atoms with Crippen LogP contribution in [0.5, 0.6) is 0 Å². The molecule has 0 aliphatic rings. The van der Waals surface area contributed by atoms with E-state index in [2.05, 4.69) is 0 Å². The first-order valence-corrected chi connectivity index (χ1v) is 4.66. The van der Waals surface area contributed by atoms with Crippen molar-refractivity contribution in [1.82, 2.24) is 0 Å². The fourth-order valence-electron chi connectivity index (χ4n) is 1.54. The number of benzene rings is 1. The van der Waals surface area contributed by atoms with Gasteiger partial charge in [0, 0.05) is 0 Å². The van der Waals surface area contributed by atoms with Crippen molar-refractivity contribution in [2.45, 2.75) is 25.4 Å². The predicted molar refractivity (Wildman–Crippen MR) is 52.2 cm³/mol. The molecule has 0 fully saturated rings. The van der Waals surface area contributed by atoms with Gasteiger partial charge in [-0.05, 0) is 18.1 Å². The van der Waals surface area contributed by atoms with Crippen molar-refractivity contribution in [3.05, 3.63) is 35.4 Å². The molecule has 0 saturated heterocycles. The summed E-state index contributed by atoms with van der Waals surface area (Å²) in [4.78, 5) is 10.8. The zero-order valence-corrected chi connectivity index (χ0v) is 8.58. The Balaban J connectivity index is 3.04. The molecular weight excluding hydrogens is 221 g/mol. The maximum Gasteiger partial charge on any atom is 0.390 e. The summed E-state index contributed by atoms with van der Waals surface area (Å²) in [6.45, 7) is 1.60. The van der Waals surface area contributed by atoms with Crippen LogP contribution in [0, 0.1) is 6.92 Å². The van der Waals surface area contributed by atoms with E-state index in [0.29, 0.717) is 5.56 Å². The summed E-state index contributed by atoms with van der Waals surface area (Å²) in [7, 11) is 0. The Morgan fingerprint density at radius 2 is 1.94 bits per heavy atom. The lowest BCUT2D eigenvalue weighted by molar-refractivity contribution is -0.157. The Labute approximate surface area is 90.7 Å². The molecule has 0 spiro atoms. The van der Waals surface area contributed by atoms with Crippen LogP contribution in [-0.4, -0.2) is 17.3 Å². The van der Waals surface area contributed by atoms with Crippen LogP contribution in [0.4, 0.5) is 13.2 Å². The number of hydrogen-bond donors (Lipinski definition) is 1. The molecule has 0 saturated carbocycles. The van der Waals surface area contributed by atoms with Gasteiger partial charge in [-0.1, -0.05) is 24.3 Å². The molecule has 1 rings (SSSR count). The highest BCUT2D eigenvalue weighted by Gasteiger charge is 2.36. The number of carboxylic acids is 1. The van der Waals surface area contributed by atoms with Gasteiger partial charge < -0.3 is 5.11 Å². The van der Waals surface area contributed by atoms with Crippen LogP contribution in [0.3, 0.4) is 0 Å². The zero-order chi connectivity index (χ0) is 12.3. The number of alkyl halides is 3. The normalized spacial score (nSPS) is 13.5. The minimum atomic E-state index is -4.48. The van der Waals surface area contributed by atoms with E-state index >= 15 is 0 Å². The van der Waals surface area contributed by atoms with Crippen LogP contribution >= 0.6 is 0 Å². The van der Waals surface area contributed by atoms with Gasteiger partial charge in [-0.2, -0.15) is 13.2 Å². The third-order valence-electron chi connectivity index (χ3n) is 2.30. The molecule has 0 bridgehead atoms. The van der Waals surface area contributed by atoms with Crippen LogP contribution in [0.2, 0.25) is 0 Å². The molecule has 1 aromatic rings. The molecule has 0 amide bonds. The number of carboxylic acid groups (broad SMARTS) is 1. The van der Waals surface area contributed by atoms with Crippen molar-refractivity contribution in [3.63, 3.8) is 0 Å². The molecule has 1 unspecified atom stereocenters. The van der Waals surface area contributed by atoms with Gasteiger partial charge >= 0.3 is 12.1 Å². The first-order valence-electron chi connectivity index (χ1n) is 4.66. The highest BCUT2D eigenvalue weighted by Crippen LogP contribution is 2.32. The van der Waals surface area contributed by atoms with E-state index in [1.165, 1.54) is 12.1 Å². The van der Waals surface area contributed by atoms with Crippen LogP contribution in [0.1, 0.15) is 23.5 Å². The number of aryl methyl sites for hydroxylation is 1. The summed E-state index contributed by atoms with van der Waals surface area (Å²) < 4.78 is 36.7. The molecule has 0 aliphatic carbocycles. The number of carbonyl (C=O) groups is 1. The van der Waals surface area contributed by atoms with Crippen LogP contribution in [0.15, 0.2) is 24.3 Å². The SMILES string of the molecule is Cc1ccccc1C(CC(F)(F)F)C(=O)O. The van der Waals surface area contributed by atoms with Gasteiger partial charge in [0.05, 0.1) is 12.3 Å². The molecule has 1 aromatic carbocycles. The van der Waals surface area contributed by atoms with Crippen molar-refractivity contribution in [2.75, 3.05) is 0 Å². The summed E-state index contributed by atoms with van der Waals surface area (Å²) in [6, 6.07) is 6.21. The van der Waals surface area contributed by atoms with E-state index in [0.717, 1.165) is 0 Å². The Morgan fingerprint density at radius 3 is 2.38 bits per heavy atom. The van der Waals surface area contributed by atoms with Crippen LogP contribution < -0.4 is 0 Å². The van der Waals surface area contributed by atoms with E-state index < -0.39 is 24.5 Å². The Hall–Kier alpha value is -1.52. The van der Waals surface area contributed by atoms with Gasteiger partial charge in [-0.15, -0.1) is 0 Å². The second kappa shape index (κ2) is 4.55. The fraction of sp³-hybridized carbons (Fsp3) is 0.364. The minimum Gasteiger partial charge on any atom is -0.481 e. The highest BCUT2D eigenvalue weighted by atomic mass is 19.4. The minimum absolute atomic E-state index is 0.215. The average molecular weight is 232 g/mol. The second-order valence-electron chi connectivity index (χ2n) is 3.57. The molecule has 16 heavy (non-hydrogen) atoms. The molecule has 0 aromatic heterocycles. The lowest BCUT2D eigenvalue weighted by Crippen LogP contribution is -2.21. The van der Waals surface area contributed by atoms with Gasteiger partial charge in [0.25, 0.3) is 0 Å². The number of hydrogen-bond acceptors (Lipinski definition) is 1. The maximum atomic E-state index is 12.2. The van der Waals surface area contributed by atoms with Crippen molar-refractivity contribution < 1.29 is 23.1 Å². The summed E-state index contributed by atoms with van der Waals surface area (Å²) >= 11 is 0. The van der Waals surface area contributed by atoms with Crippen molar-refractivity contribution in [1.29, 1.82) is 0 Å². The Kier molecular flexibility index (Phi) is 3.57. The van der Waals surface area contributed by atoms with Crippen LogP contribution in [0.25, 0.3) is 0 Å². The Bertz CT molecular complexity index is 385. The topological polar surface area (TPSA) is 37.3 Å². The van der Waals surface area contributed by atoms with Gasteiger partial charge in [-0.25, -0.2) is 0 Å². The van der Waals surface area contributed by atoms with E-state index in [4.69, 9.17) is 5.11 Å². The second-order valence-corrected chi connectivity index (χ2v) is 3.57. The molecule has 1 atom stereocenters. The highest BCUT2D eigenvalue weighted by molar-refractivity contribution is 5.76. The largest absolute Gasteiger partial charge is 0.481 e. The average Bonchev–Trinajstić information content (AvgIpc) is 2.13. The van der Waals surface area contributed by atoms with Gasteiger partial charge in [0.15, 0.2) is 0 Å². The summed E-state index contributed by atoms with van der Waals surface area (Å²) in [5, 5.41) is 8.81. The van der Waals surface area contributed by atoms with Crippen LogP contribution in [-0.2, 0) is 4.79 Å². The summed E-state index contributed by atoms with van der Waals surface area (Å²) in [5.74, 6) is -2.98. The third-order valence-corrected chi connectivity index (χ3v) is 2.30. The smallest absolute Gasteiger partial charge is 0.390 e. The molecule has 0 heterocycles. The number of rotatable bonds is 3. The van der Waals surface area contributed by atoms with Gasteiger partial charge in [0.2, 0.25) is 0 Å². The molecule has 0 radical (unpaired) electrons. The quantitative estimate of drug-likeness (QED) is 0.869. The summed E-state index contributed by atoms with van der Waals surface area (Å²) in [6.07, 6.45) is -5.82. The molecule has 88 valence electrons. The first kappa shape index (κ1) is 12.5. The number of aliphatic carboxylic acids is 1. The van der Waals surface area contributed by atoms with Crippen molar-refractivity contribution in [3.8, 4) is 0 Å². The summed E-state index contributed by atoms with van der Waals surface area (Å²) in [5.41, 5.74) is 0.770. The molecule has 1 N–H and O–H groups in total. The molecular formula is C11H11F3O2. The lowest BCUT2D eigenvalue weighted by atomic mass is 9.92. The van der Waals surface area contributed by atoms with Crippen molar-refractivity contribution in [2.24, 2.45) is 0 Å². The van der Waals surface area contributed by atoms with Crippen molar-refractivity contribution >= 4 is 5.97 Å². The van der Waals surface area contributed by atoms with E-state index in [-0.39, 0.29) is 5.56 Å². The lowest BCUT2D eigenvalue weighted by Gasteiger charge is -2.16. The zero-order valence-electron chi connectivity index (χ0n) is 8.58. The third kappa shape index (κ3) is 3.25. The standard InChI is InChI=1S/C11H11F3O2/c1-7-4-2-3-5-8(7)9(10(15)16)6-11(12,13)14/h2-5,9H,6H2,1H3,(H,15,16). The monoisotopic (exact) mass is 232 g/mol. The fourth-order valence-corrected chi connectivity index (χ4v) is 1.54. The van der Waals surface area contributed by atoms with E-state index in [1.54, 1.807) is 19.1 Å². The molecule has 5 heteroatoms. The van der Waals surface area contributed by atoms with E-state index in [1.807, 2.05) is 0 Å². The molecule has 2 nitrogen and oxygen atoms in total. The predicted octanol–water partition coefficient (Wildman–Crippen LogP) is 3.12. The van der Waals surface area contributed by atoms with Gasteiger partial charge in [-0.3, -0.25) is 4.79 Å². The first-order chi connectivity index (χ1) is 7.31. The van der Waals surface area contributed by atoms with E-state index in [9.17, 15) is 18.0 Å².